The average Bonchev–Trinajstić information content (AvgIpc) is 3.29. The van der Waals surface area contributed by atoms with Gasteiger partial charge in [0.2, 0.25) is 21.8 Å². The molecule has 2 amide bonds. The third-order valence-electron chi connectivity index (χ3n) is 7.07. The second-order valence-electron chi connectivity index (χ2n) is 10.3. The number of carbonyl (C=O) groups excluding carboxylic acids is 3. The summed E-state index contributed by atoms with van der Waals surface area (Å²) in [6, 6.07) is 15.7. The molecule has 1 aliphatic heterocycles. The lowest BCUT2D eigenvalue weighted by molar-refractivity contribution is -0.122. The van der Waals surface area contributed by atoms with Gasteiger partial charge in [-0.05, 0) is 60.7 Å². The maximum Gasteiger partial charge on any atom is 0.345 e. The van der Waals surface area contributed by atoms with E-state index in [4.69, 9.17) is 9.47 Å². The van der Waals surface area contributed by atoms with E-state index in [0.717, 1.165) is 0 Å². The van der Waals surface area contributed by atoms with Crippen molar-refractivity contribution in [2.45, 2.75) is 41.9 Å². The van der Waals surface area contributed by atoms with Gasteiger partial charge in [-0.25, -0.2) is 13.2 Å². The monoisotopic (exact) mass is 739 g/mol. The Kier molecular flexibility index (Phi) is 11.7. The molecule has 2 atom stereocenters. The molecule has 1 aliphatic rings. The Labute approximate surface area is 276 Å². The van der Waals surface area contributed by atoms with Crippen LogP contribution in [0.1, 0.15) is 46.0 Å². The summed E-state index contributed by atoms with van der Waals surface area (Å²) in [6.07, 6.45) is 0.777. The number of aromatic hydroxyl groups is 1. The van der Waals surface area contributed by atoms with Gasteiger partial charge in [-0.15, -0.1) is 10.8 Å². The fourth-order valence-corrected chi connectivity index (χ4v) is 8.35. The number of halogens is 1. The molecule has 0 bridgehead atoms. The van der Waals surface area contributed by atoms with E-state index in [-0.39, 0.29) is 48.0 Å². The number of rotatable bonds is 14. The Morgan fingerprint density at radius 2 is 1.83 bits per heavy atom. The van der Waals surface area contributed by atoms with E-state index in [1.54, 1.807) is 36.4 Å². The van der Waals surface area contributed by atoms with Gasteiger partial charge in [-0.2, -0.15) is 4.72 Å². The molecule has 16 heteroatoms. The van der Waals surface area contributed by atoms with Crippen LogP contribution >= 0.6 is 26.7 Å². The van der Waals surface area contributed by atoms with Crippen molar-refractivity contribution in [2.75, 3.05) is 20.3 Å². The number of amides is 2. The standard InChI is InChI=1S/C30H34BrN3O10S2/c1-43-30(38)28-24(35)10-7-11-25(28)44-15-6-5-14-32-29(37)23(33-45(39,40)20-8-3-2-4-9-20)17-19-12-13-21(22(31)16-19)26-18-27(36)34-46(26,41)42/h2-4,7-13,16,23,26,33,35,41-42H,5-6,14-15,17-18H2,1H3,(H,32,37)(H,34,36)/t23-,26?/m0/s1. The Bertz CT molecular complexity index is 1690. The van der Waals surface area contributed by atoms with Crippen molar-refractivity contribution >= 4 is 54.5 Å². The van der Waals surface area contributed by atoms with Crippen LogP contribution in [0, 0.1) is 0 Å². The minimum atomic E-state index is -4.07. The zero-order valence-corrected chi connectivity index (χ0v) is 27.9. The van der Waals surface area contributed by atoms with Gasteiger partial charge in [-0.1, -0.05) is 52.3 Å². The normalized spacial score (nSPS) is 17.0. The number of methoxy groups -OCH3 is 1. The molecule has 0 aliphatic carbocycles. The van der Waals surface area contributed by atoms with Crippen molar-refractivity contribution in [3.05, 3.63) is 87.9 Å². The molecule has 1 unspecified atom stereocenters. The molecule has 0 saturated carbocycles. The molecule has 3 aromatic carbocycles. The number of nitrogens with one attached hydrogen (secondary N) is 3. The van der Waals surface area contributed by atoms with Gasteiger partial charge in [0.15, 0.2) is 0 Å². The van der Waals surface area contributed by atoms with E-state index in [9.17, 15) is 37.0 Å². The summed E-state index contributed by atoms with van der Waals surface area (Å²) in [5, 5.41) is 11.9. The molecular weight excluding hydrogens is 706 g/mol. The Morgan fingerprint density at radius 3 is 2.48 bits per heavy atom. The number of hydrogen-bond donors (Lipinski definition) is 6. The van der Waals surface area contributed by atoms with Gasteiger partial charge in [-0.3, -0.25) is 23.4 Å². The molecule has 0 aromatic heterocycles. The summed E-state index contributed by atoms with van der Waals surface area (Å²) in [5.74, 6) is -1.91. The lowest BCUT2D eigenvalue weighted by atomic mass is 10.0. The van der Waals surface area contributed by atoms with Gasteiger partial charge in [0, 0.05) is 11.0 Å². The molecular formula is C30H34BrN3O10S2. The highest BCUT2D eigenvalue weighted by Gasteiger charge is 2.39. The minimum absolute atomic E-state index is 0.0108. The first-order valence-corrected chi connectivity index (χ1v) is 17.9. The fraction of sp³-hybridized carbons (Fsp3) is 0.300. The molecule has 13 nitrogen and oxygen atoms in total. The summed E-state index contributed by atoms with van der Waals surface area (Å²) in [6.45, 7) is 0.361. The summed E-state index contributed by atoms with van der Waals surface area (Å²) in [7, 11) is -6.27. The number of benzene rings is 3. The Hall–Kier alpha value is -3.67. The highest BCUT2D eigenvalue weighted by Crippen LogP contribution is 2.57. The van der Waals surface area contributed by atoms with Crippen LogP contribution in [-0.4, -0.2) is 66.7 Å². The lowest BCUT2D eigenvalue weighted by Gasteiger charge is -2.33. The minimum Gasteiger partial charge on any atom is -0.507 e. The van der Waals surface area contributed by atoms with Crippen LogP contribution in [0.5, 0.6) is 11.5 Å². The van der Waals surface area contributed by atoms with Crippen molar-refractivity contribution in [1.82, 2.24) is 14.8 Å². The van der Waals surface area contributed by atoms with E-state index in [2.05, 4.69) is 30.7 Å². The van der Waals surface area contributed by atoms with E-state index >= 15 is 0 Å². The van der Waals surface area contributed by atoms with Gasteiger partial charge in [0.25, 0.3) is 0 Å². The van der Waals surface area contributed by atoms with Gasteiger partial charge in [0.1, 0.15) is 28.4 Å². The Balaban J connectivity index is 1.41. The number of esters is 1. The quantitative estimate of drug-likeness (QED) is 0.104. The molecule has 1 heterocycles. The predicted octanol–water partition coefficient (Wildman–Crippen LogP) is 4.03. The van der Waals surface area contributed by atoms with E-state index in [1.807, 2.05) is 0 Å². The second kappa shape index (κ2) is 15.3. The predicted molar refractivity (Wildman–Crippen MR) is 174 cm³/mol. The maximum absolute atomic E-state index is 13.3. The van der Waals surface area contributed by atoms with Crippen LogP contribution in [0.3, 0.4) is 0 Å². The van der Waals surface area contributed by atoms with E-state index in [1.165, 1.54) is 37.4 Å². The number of sulfonamides is 1. The van der Waals surface area contributed by atoms with Gasteiger partial charge >= 0.3 is 5.97 Å². The molecule has 1 fully saturated rings. The van der Waals surface area contributed by atoms with Crippen LogP contribution in [0.15, 0.2) is 76.1 Å². The fourth-order valence-electron chi connectivity index (χ4n) is 4.78. The summed E-state index contributed by atoms with van der Waals surface area (Å²) < 4.78 is 62.4. The lowest BCUT2D eigenvalue weighted by Crippen LogP contribution is -2.48. The molecule has 46 heavy (non-hydrogen) atoms. The average molecular weight is 741 g/mol. The van der Waals surface area contributed by atoms with Crippen molar-refractivity contribution in [1.29, 1.82) is 0 Å². The summed E-state index contributed by atoms with van der Waals surface area (Å²) >= 11 is 3.42. The summed E-state index contributed by atoms with van der Waals surface area (Å²) in [4.78, 5) is 37.1. The van der Waals surface area contributed by atoms with Crippen molar-refractivity contribution in [2.24, 2.45) is 0 Å². The Morgan fingerprint density at radius 1 is 1.09 bits per heavy atom. The SMILES string of the molecule is COC(=O)c1c(O)cccc1OCCCCNC(=O)[C@H](Cc1ccc(C2CC(=O)NS2(O)O)c(Br)c1)NS(=O)(=O)c1ccccc1. The maximum atomic E-state index is 13.3. The molecule has 1 saturated heterocycles. The number of hydrogen-bond acceptors (Lipinski definition) is 10. The number of carbonyl (C=O) groups is 3. The van der Waals surface area contributed by atoms with Crippen molar-refractivity contribution in [3.63, 3.8) is 0 Å². The van der Waals surface area contributed by atoms with E-state index < -0.39 is 49.9 Å². The topological polar surface area (TPSA) is 201 Å². The largest absolute Gasteiger partial charge is 0.507 e. The highest BCUT2D eigenvalue weighted by molar-refractivity contribution is 9.10. The van der Waals surface area contributed by atoms with Gasteiger partial charge in [0.05, 0.1) is 25.0 Å². The van der Waals surface area contributed by atoms with Crippen LogP contribution in [0.25, 0.3) is 0 Å². The molecule has 0 radical (unpaired) electrons. The van der Waals surface area contributed by atoms with Crippen LogP contribution in [-0.2, 0) is 30.8 Å². The molecule has 248 valence electrons. The van der Waals surface area contributed by atoms with Crippen LogP contribution < -0.4 is 19.5 Å². The first-order valence-electron chi connectivity index (χ1n) is 14.1. The molecule has 3 aromatic rings. The van der Waals surface area contributed by atoms with Crippen molar-refractivity contribution < 1.29 is 46.5 Å². The third-order valence-corrected chi connectivity index (χ3v) is 11.0. The second-order valence-corrected chi connectivity index (χ2v) is 14.9. The number of phenolic OH excluding ortho intramolecular Hbond substituents is 1. The highest BCUT2D eigenvalue weighted by atomic mass is 79.9. The van der Waals surface area contributed by atoms with Crippen LogP contribution in [0.2, 0.25) is 0 Å². The third kappa shape index (κ3) is 8.77. The van der Waals surface area contributed by atoms with Crippen molar-refractivity contribution in [3.8, 4) is 11.5 Å². The molecule has 6 N–H and O–H groups in total. The smallest absolute Gasteiger partial charge is 0.345 e. The van der Waals surface area contributed by atoms with Gasteiger partial charge < -0.3 is 19.9 Å². The summed E-state index contributed by atoms with van der Waals surface area (Å²) in [5.41, 5.74) is 0.967. The first kappa shape index (κ1) is 35.2. The molecule has 0 spiro atoms. The zero-order chi connectivity index (χ0) is 33.5. The molecule has 4 rings (SSSR count). The number of ether oxygens (including phenoxy) is 2. The van der Waals surface area contributed by atoms with E-state index in [0.29, 0.717) is 28.4 Å². The first-order chi connectivity index (χ1) is 21.8. The number of phenols is 1. The number of unbranched alkanes of at least 4 members (excludes halogenated alkanes) is 1. The zero-order valence-electron chi connectivity index (χ0n) is 24.6. The van der Waals surface area contributed by atoms with Crippen LogP contribution in [0.4, 0.5) is 0 Å².